The summed E-state index contributed by atoms with van der Waals surface area (Å²) in [4.78, 5) is 4.56. The molecule has 140 valence electrons. The number of halogens is 1. The lowest BCUT2D eigenvalue weighted by Gasteiger charge is -2.07. The number of hydrogen-bond donors (Lipinski definition) is 1. The fraction of sp³-hybridized carbons (Fsp3) is 0.263. The third kappa shape index (κ3) is 3.26. The van der Waals surface area contributed by atoms with Gasteiger partial charge in [0.25, 0.3) is 5.89 Å². The monoisotopic (exact) mass is 387 g/mol. The highest BCUT2D eigenvalue weighted by molar-refractivity contribution is 7.89. The van der Waals surface area contributed by atoms with Crippen LogP contribution in [0, 0.1) is 11.2 Å². The third-order valence-corrected chi connectivity index (χ3v) is 6.41. The van der Waals surface area contributed by atoms with Crippen molar-refractivity contribution in [2.45, 2.75) is 30.7 Å². The van der Waals surface area contributed by atoms with E-state index in [2.05, 4.69) is 14.9 Å². The maximum Gasteiger partial charge on any atom is 0.258 e. The average molecular weight is 387 g/mol. The predicted molar refractivity (Wildman–Crippen MR) is 96.8 cm³/mol. The smallest absolute Gasteiger partial charge is 0.258 e. The summed E-state index contributed by atoms with van der Waals surface area (Å²) in [5, 5.41) is 3.99. The number of sulfonamides is 1. The lowest BCUT2D eigenvalue weighted by Crippen LogP contribution is -2.29. The number of benzene rings is 2. The summed E-state index contributed by atoms with van der Waals surface area (Å²) in [6, 6.07) is 13.7. The molecule has 27 heavy (non-hydrogen) atoms. The predicted octanol–water partition coefficient (Wildman–Crippen LogP) is 3.35. The van der Waals surface area contributed by atoms with E-state index in [4.69, 9.17) is 4.52 Å². The number of nitrogens with zero attached hydrogens (tertiary/aromatic N) is 2. The van der Waals surface area contributed by atoms with E-state index in [1.807, 2.05) is 13.8 Å². The molecule has 4 rings (SSSR count). The number of rotatable bonds is 5. The molecule has 0 spiro atoms. The van der Waals surface area contributed by atoms with Crippen LogP contribution in [0.15, 0.2) is 64.0 Å². The first kappa shape index (κ1) is 17.8. The Labute approximate surface area is 156 Å². The summed E-state index contributed by atoms with van der Waals surface area (Å²) >= 11 is 0. The van der Waals surface area contributed by atoms with Crippen molar-refractivity contribution in [1.82, 2.24) is 14.9 Å². The van der Waals surface area contributed by atoms with Gasteiger partial charge < -0.3 is 4.52 Å². The van der Waals surface area contributed by atoms with E-state index in [-0.39, 0.29) is 28.2 Å². The Morgan fingerprint density at radius 3 is 2.56 bits per heavy atom. The van der Waals surface area contributed by atoms with Crippen molar-refractivity contribution in [1.29, 1.82) is 0 Å². The molecule has 2 atom stereocenters. The molecular weight excluding hydrogens is 369 g/mol. The molecule has 1 heterocycles. The van der Waals surface area contributed by atoms with E-state index < -0.39 is 15.8 Å². The van der Waals surface area contributed by atoms with Crippen LogP contribution in [0.2, 0.25) is 0 Å². The molecule has 0 aliphatic heterocycles. The van der Waals surface area contributed by atoms with Gasteiger partial charge in [0.15, 0.2) is 5.82 Å². The highest BCUT2D eigenvalue weighted by Crippen LogP contribution is 2.58. The molecule has 1 fully saturated rings. The van der Waals surface area contributed by atoms with E-state index in [0.29, 0.717) is 11.4 Å². The van der Waals surface area contributed by atoms with Gasteiger partial charge in [-0.3, -0.25) is 0 Å². The molecule has 0 bridgehead atoms. The molecule has 0 unspecified atom stereocenters. The molecule has 6 nitrogen and oxygen atoms in total. The van der Waals surface area contributed by atoms with Crippen LogP contribution in [0.25, 0.3) is 11.5 Å². The Bertz CT molecular complexity index is 1080. The largest absolute Gasteiger partial charge is 0.334 e. The zero-order chi connectivity index (χ0) is 19.2. The lowest BCUT2D eigenvalue weighted by atomic mass is 10.1. The van der Waals surface area contributed by atoms with Gasteiger partial charge in [0.2, 0.25) is 10.0 Å². The second kappa shape index (κ2) is 6.24. The van der Waals surface area contributed by atoms with Gasteiger partial charge in [-0.1, -0.05) is 43.3 Å². The van der Waals surface area contributed by atoms with Gasteiger partial charge in [-0.2, -0.15) is 4.98 Å². The van der Waals surface area contributed by atoms with Crippen LogP contribution in [0.5, 0.6) is 0 Å². The van der Waals surface area contributed by atoms with Crippen molar-refractivity contribution in [3.05, 3.63) is 66.2 Å². The zero-order valence-electron chi connectivity index (χ0n) is 14.8. The molecule has 1 N–H and O–H groups in total. The van der Waals surface area contributed by atoms with Crippen LogP contribution < -0.4 is 4.72 Å². The second-order valence-corrected chi connectivity index (χ2v) is 8.89. The van der Waals surface area contributed by atoms with E-state index in [1.165, 1.54) is 12.1 Å². The molecule has 3 aromatic rings. The summed E-state index contributed by atoms with van der Waals surface area (Å²) in [5.41, 5.74) is 0.110. The topological polar surface area (TPSA) is 85.1 Å². The van der Waals surface area contributed by atoms with Crippen molar-refractivity contribution < 1.29 is 17.3 Å². The van der Waals surface area contributed by atoms with Crippen molar-refractivity contribution in [3.63, 3.8) is 0 Å². The van der Waals surface area contributed by atoms with Gasteiger partial charge in [0, 0.05) is 17.5 Å². The van der Waals surface area contributed by atoms with E-state index in [9.17, 15) is 12.8 Å². The first-order valence-electron chi connectivity index (χ1n) is 8.46. The molecule has 1 saturated carbocycles. The minimum absolute atomic E-state index is 0.205. The molecular formula is C19H18FN3O3S. The number of hydrogen-bond acceptors (Lipinski definition) is 5. The molecule has 0 radical (unpaired) electrons. The van der Waals surface area contributed by atoms with Crippen molar-refractivity contribution >= 4 is 10.0 Å². The fourth-order valence-corrected chi connectivity index (χ4v) is 4.70. The standard InChI is InChI=1S/C19H18FN3O3S/c1-19(2)15(16(19)23-27(24,25)14-9-4-3-5-10-14)17-21-18(26-22-17)12-7-6-8-13(20)11-12/h3-11,15-16,23H,1-2H3/t15-,16-/m0/s1. The Morgan fingerprint density at radius 2 is 1.85 bits per heavy atom. The summed E-state index contributed by atoms with van der Waals surface area (Å²) in [6.45, 7) is 3.88. The maximum absolute atomic E-state index is 13.4. The molecule has 2 aromatic carbocycles. The Hall–Kier alpha value is -2.58. The van der Waals surface area contributed by atoms with Crippen molar-refractivity contribution in [3.8, 4) is 11.5 Å². The fourth-order valence-electron chi connectivity index (χ4n) is 3.27. The molecule has 0 amide bonds. The molecule has 1 aromatic heterocycles. The summed E-state index contributed by atoms with van der Waals surface area (Å²) in [5.74, 6) is -0.0218. The van der Waals surface area contributed by atoms with Crippen molar-refractivity contribution in [2.24, 2.45) is 5.41 Å². The average Bonchev–Trinajstić information content (AvgIpc) is 2.99. The summed E-state index contributed by atoms with van der Waals surface area (Å²) in [7, 11) is -3.65. The van der Waals surface area contributed by atoms with Crippen LogP contribution in [-0.2, 0) is 10.0 Å². The summed E-state index contributed by atoms with van der Waals surface area (Å²) < 4.78 is 46.6. The molecule has 1 aliphatic carbocycles. The van der Waals surface area contributed by atoms with Crippen LogP contribution in [0.1, 0.15) is 25.6 Å². The van der Waals surface area contributed by atoms with Gasteiger partial charge in [0.1, 0.15) is 5.82 Å². The van der Waals surface area contributed by atoms with Gasteiger partial charge in [-0.25, -0.2) is 17.5 Å². The van der Waals surface area contributed by atoms with Gasteiger partial charge >= 0.3 is 0 Å². The van der Waals surface area contributed by atoms with Gasteiger partial charge in [-0.15, -0.1) is 0 Å². The minimum atomic E-state index is -3.65. The minimum Gasteiger partial charge on any atom is -0.334 e. The third-order valence-electron chi connectivity index (χ3n) is 4.95. The Kier molecular flexibility index (Phi) is 4.12. The van der Waals surface area contributed by atoms with Gasteiger partial charge in [-0.05, 0) is 35.7 Å². The quantitative estimate of drug-likeness (QED) is 0.726. The summed E-state index contributed by atoms with van der Waals surface area (Å²) in [6.07, 6.45) is 0. The van der Waals surface area contributed by atoms with Crippen LogP contribution in [0.4, 0.5) is 4.39 Å². The SMILES string of the molecule is CC1(C)[C@H](c2noc(-c3cccc(F)c3)n2)[C@@H]1NS(=O)(=O)c1ccccc1. The molecule has 1 aliphatic rings. The second-order valence-electron chi connectivity index (χ2n) is 7.18. The van der Waals surface area contributed by atoms with Crippen LogP contribution in [-0.4, -0.2) is 24.6 Å². The van der Waals surface area contributed by atoms with Crippen LogP contribution in [0.3, 0.4) is 0 Å². The Balaban J connectivity index is 1.57. The normalized spacial score (nSPS) is 21.1. The lowest BCUT2D eigenvalue weighted by molar-refractivity contribution is 0.419. The maximum atomic E-state index is 13.4. The number of aromatic nitrogens is 2. The van der Waals surface area contributed by atoms with Gasteiger partial charge in [0.05, 0.1) is 4.90 Å². The molecule has 8 heteroatoms. The first-order valence-corrected chi connectivity index (χ1v) is 9.94. The Morgan fingerprint density at radius 1 is 1.11 bits per heavy atom. The molecule has 0 saturated heterocycles. The highest BCUT2D eigenvalue weighted by atomic mass is 32.2. The zero-order valence-corrected chi connectivity index (χ0v) is 15.6. The van der Waals surface area contributed by atoms with Crippen molar-refractivity contribution in [2.75, 3.05) is 0 Å². The van der Waals surface area contributed by atoms with E-state index in [0.717, 1.165) is 0 Å². The van der Waals surface area contributed by atoms with E-state index >= 15 is 0 Å². The first-order chi connectivity index (χ1) is 12.8. The number of nitrogens with one attached hydrogen (secondary N) is 1. The van der Waals surface area contributed by atoms with Crippen LogP contribution >= 0.6 is 0 Å². The van der Waals surface area contributed by atoms with E-state index in [1.54, 1.807) is 42.5 Å². The highest BCUT2D eigenvalue weighted by Gasteiger charge is 2.62.